The molecule has 5 atom stereocenters. The molecule has 0 aromatic rings. The van der Waals surface area contributed by atoms with E-state index in [1.165, 1.54) is 37.8 Å². The fourth-order valence-electron chi connectivity index (χ4n) is 7.17. The number of carbonyl (C=O) groups excluding carboxylic acids is 1. The molecule has 9 heteroatoms. The molecule has 0 saturated heterocycles. The summed E-state index contributed by atoms with van der Waals surface area (Å²) in [6, 6.07) is 0.215. The molecule has 0 aromatic carbocycles. The topological polar surface area (TPSA) is 129 Å². The van der Waals surface area contributed by atoms with Crippen LogP contribution in [-0.4, -0.2) is 46.8 Å². The van der Waals surface area contributed by atoms with Crippen LogP contribution in [0.4, 0.5) is 4.79 Å². The maximum Gasteiger partial charge on any atom is 0.404 e. The van der Waals surface area contributed by atoms with Crippen molar-refractivity contribution in [3.8, 4) is 0 Å². The molecule has 4 rings (SSSR count). The quantitative estimate of drug-likeness (QED) is 0.240. The summed E-state index contributed by atoms with van der Waals surface area (Å²) in [5, 5.41) is 22.7. The first-order valence-electron chi connectivity index (χ1n) is 14.7. The van der Waals surface area contributed by atoms with E-state index in [4.69, 9.17) is 22.4 Å². The van der Waals surface area contributed by atoms with E-state index in [2.05, 4.69) is 28.2 Å². The molecular weight excluding hydrogens is 490 g/mol. The molecule has 37 heavy (non-hydrogen) atoms. The zero-order valence-corrected chi connectivity index (χ0v) is 23.2. The number of hydrogen-bond donors (Lipinski definition) is 6. The number of amides is 2. The first-order valence-corrected chi connectivity index (χ1v) is 15.1. The van der Waals surface area contributed by atoms with Crippen LogP contribution in [0.25, 0.3) is 0 Å². The fourth-order valence-corrected chi connectivity index (χ4v) is 7.52. The van der Waals surface area contributed by atoms with E-state index in [0.29, 0.717) is 24.2 Å². The highest BCUT2D eigenvalue weighted by molar-refractivity contribution is 6.20. The minimum Gasteiger partial charge on any atom is -0.465 e. The van der Waals surface area contributed by atoms with Crippen LogP contribution in [0.5, 0.6) is 0 Å². The smallest absolute Gasteiger partial charge is 0.404 e. The number of hydrogen-bond acceptors (Lipinski definition) is 5. The van der Waals surface area contributed by atoms with Gasteiger partial charge in [0.25, 0.3) is 0 Å². The van der Waals surface area contributed by atoms with E-state index in [1.807, 2.05) is 0 Å². The van der Waals surface area contributed by atoms with Gasteiger partial charge in [-0.15, -0.1) is 11.6 Å². The van der Waals surface area contributed by atoms with Crippen LogP contribution in [-0.2, 0) is 4.79 Å². The van der Waals surface area contributed by atoms with Gasteiger partial charge in [-0.3, -0.25) is 4.79 Å². The van der Waals surface area contributed by atoms with Crippen LogP contribution in [0.2, 0.25) is 0 Å². The molecular formula is C28H48ClN5O3. The SMILES string of the molecule is CC1=C(C2CCC(NC(=O)O)CC2)NC([C@H](CC2CCCCC2)NC(=O)CCC2CC(Cl)CCC2N)N1. The maximum absolute atomic E-state index is 13.2. The summed E-state index contributed by atoms with van der Waals surface area (Å²) >= 11 is 6.39. The normalized spacial score (nSPS) is 33.8. The van der Waals surface area contributed by atoms with Gasteiger partial charge in [0.15, 0.2) is 0 Å². The Kier molecular flexibility index (Phi) is 10.3. The molecule has 7 N–H and O–H groups in total. The largest absolute Gasteiger partial charge is 0.465 e. The Bertz CT molecular complexity index is 810. The van der Waals surface area contributed by atoms with E-state index < -0.39 is 6.09 Å². The third kappa shape index (κ3) is 8.16. The third-order valence-electron chi connectivity index (χ3n) is 9.33. The summed E-state index contributed by atoms with van der Waals surface area (Å²) < 4.78 is 0. The van der Waals surface area contributed by atoms with Crippen LogP contribution in [0.15, 0.2) is 11.4 Å². The zero-order valence-electron chi connectivity index (χ0n) is 22.4. The summed E-state index contributed by atoms with van der Waals surface area (Å²) in [7, 11) is 0. The second-order valence-electron chi connectivity index (χ2n) is 12.1. The number of carboxylic acid groups (broad SMARTS) is 1. The lowest BCUT2D eigenvalue weighted by molar-refractivity contribution is -0.122. The van der Waals surface area contributed by atoms with Crippen molar-refractivity contribution < 1.29 is 14.7 Å². The summed E-state index contributed by atoms with van der Waals surface area (Å²) in [5.74, 6) is 1.47. The molecule has 3 saturated carbocycles. The van der Waals surface area contributed by atoms with Crippen molar-refractivity contribution in [1.82, 2.24) is 21.3 Å². The third-order valence-corrected chi connectivity index (χ3v) is 9.73. The van der Waals surface area contributed by atoms with Gasteiger partial charge in [-0.05, 0) is 76.5 Å². The molecule has 0 radical (unpaired) electrons. The predicted octanol–water partition coefficient (Wildman–Crippen LogP) is 4.53. The average Bonchev–Trinajstić information content (AvgIpc) is 3.26. The van der Waals surface area contributed by atoms with Gasteiger partial charge in [0, 0.05) is 41.2 Å². The van der Waals surface area contributed by atoms with E-state index >= 15 is 0 Å². The molecule has 1 aliphatic heterocycles. The van der Waals surface area contributed by atoms with Crippen molar-refractivity contribution in [3.63, 3.8) is 0 Å². The first kappa shape index (κ1) is 28.3. The monoisotopic (exact) mass is 537 g/mol. The number of allylic oxidation sites excluding steroid dienone is 2. The summed E-state index contributed by atoms with van der Waals surface area (Å²) in [6.07, 6.45) is 14.2. The van der Waals surface area contributed by atoms with Crippen LogP contribution in [0, 0.1) is 17.8 Å². The molecule has 0 bridgehead atoms. The zero-order chi connectivity index (χ0) is 26.4. The number of rotatable bonds is 9. The molecule has 0 spiro atoms. The van der Waals surface area contributed by atoms with Crippen LogP contribution >= 0.6 is 11.6 Å². The molecule has 8 nitrogen and oxygen atoms in total. The molecule has 4 aliphatic rings. The summed E-state index contributed by atoms with van der Waals surface area (Å²) in [4.78, 5) is 24.2. The molecule has 3 fully saturated rings. The minimum atomic E-state index is -0.936. The molecule has 210 valence electrons. The van der Waals surface area contributed by atoms with Gasteiger partial charge >= 0.3 is 6.09 Å². The Morgan fingerprint density at radius 1 is 1.05 bits per heavy atom. The number of halogens is 1. The Hall–Kier alpha value is -1.67. The Labute approximate surface area is 227 Å². The lowest BCUT2D eigenvalue weighted by Gasteiger charge is -2.34. The average molecular weight is 538 g/mol. The van der Waals surface area contributed by atoms with E-state index in [1.54, 1.807) is 0 Å². The van der Waals surface area contributed by atoms with Gasteiger partial charge in [-0.1, -0.05) is 32.1 Å². The number of nitrogens with two attached hydrogens (primary N) is 1. The standard InChI is InChI=1S/C28H48ClN5O3/c1-17-26(19-7-11-22(12-8-19)32-28(36)37)34-27(31-17)24(15-18-5-3-2-4-6-18)33-25(35)14-9-20-16-21(29)10-13-23(20)30/h18-24,27,31-32,34H,2-16,30H2,1H3,(H,33,35)(H,36,37)/t19?,20?,21?,22?,23?,24-,27?/m0/s1. The van der Waals surface area contributed by atoms with Crippen LogP contribution < -0.4 is 27.0 Å². The molecule has 3 aliphatic carbocycles. The van der Waals surface area contributed by atoms with Crippen molar-refractivity contribution in [2.45, 2.75) is 133 Å². The molecule has 4 unspecified atom stereocenters. The Morgan fingerprint density at radius 2 is 1.78 bits per heavy atom. The van der Waals surface area contributed by atoms with Crippen molar-refractivity contribution in [2.75, 3.05) is 0 Å². The van der Waals surface area contributed by atoms with Crippen LogP contribution in [0.3, 0.4) is 0 Å². The van der Waals surface area contributed by atoms with Crippen molar-refractivity contribution >= 4 is 23.6 Å². The highest BCUT2D eigenvalue weighted by atomic mass is 35.5. The van der Waals surface area contributed by atoms with Crippen LogP contribution in [0.1, 0.15) is 103 Å². The minimum absolute atomic E-state index is 0.0140. The van der Waals surface area contributed by atoms with E-state index in [9.17, 15) is 9.59 Å². The first-order chi connectivity index (χ1) is 17.8. The van der Waals surface area contributed by atoms with Crippen molar-refractivity contribution in [1.29, 1.82) is 0 Å². The maximum atomic E-state index is 13.2. The van der Waals surface area contributed by atoms with Gasteiger partial charge in [-0.2, -0.15) is 0 Å². The summed E-state index contributed by atoms with van der Waals surface area (Å²) in [5.41, 5.74) is 8.73. The Balaban J connectivity index is 1.33. The summed E-state index contributed by atoms with van der Waals surface area (Å²) in [6.45, 7) is 2.12. The highest BCUT2D eigenvalue weighted by Crippen LogP contribution is 2.34. The highest BCUT2D eigenvalue weighted by Gasteiger charge is 2.35. The van der Waals surface area contributed by atoms with Crippen molar-refractivity contribution in [2.24, 2.45) is 23.5 Å². The van der Waals surface area contributed by atoms with E-state index in [-0.39, 0.29) is 35.6 Å². The van der Waals surface area contributed by atoms with Gasteiger partial charge in [0.05, 0.1) is 6.04 Å². The lowest BCUT2D eigenvalue weighted by Crippen LogP contribution is -2.54. The van der Waals surface area contributed by atoms with Gasteiger partial charge < -0.3 is 32.1 Å². The fraction of sp³-hybridized carbons (Fsp3) is 0.857. The second kappa shape index (κ2) is 13.4. The number of carbonyl (C=O) groups is 2. The predicted molar refractivity (Wildman–Crippen MR) is 147 cm³/mol. The van der Waals surface area contributed by atoms with Crippen molar-refractivity contribution in [3.05, 3.63) is 11.4 Å². The second-order valence-corrected chi connectivity index (χ2v) is 12.7. The van der Waals surface area contributed by atoms with Gasteiger partial charge in [-0.25, -0.2) is 4.79 Å². The molecule has 0 aromatic heterocycles. The lowest BCUT2D eigenvalue weighted by atomic mass is 9.81. The molecule has 2 amide bonds. The Morgan fingerprint density at radius 3 is 2.49 bits per heavy atom. The van der Waals surface area contributed by atoms with Gasteiger partial charge in [0.2, 0.25) is 5.91 Å². The van der Waals surface area contributed by atoms with Gasteiger partial charge in [0.1, 0.15) is 6.17 Å². The number of alkyl halides is 1. The molecule has 1 heterocycles. The number of nitrogens with one attached hydrogen (secondary N) is 4. The van der Waals surface area contributed by atoms with E-state index in [0.717, 1.165) is 63.5 Å².